The SMILES string of the molecule is Cc1ccc([C@]2(O)C[C@@]3(C)[C@@H](CCC34OCCO4)[C@@H]3CCC4=CC5(CC[C@]4(C)[C@H]32)OCCO5)cc1. The molecule has 4 aliphatic carbocycles. The van der Waals surface area contributed by atoms with Crippen molar-refractivity contribution in [3.05, 3.63) is 47.0 Å². The lowest BCUT2D eigenvalue weighted by Crippen LogP contribution is -2.64. The molecule has 0 radical (unpaired) electrons. The number of benzene rings is 1. The molecule has 5 fully saturated rings. The lowest BCUT2D eigenvalue weighted by atomic mass is 9.42. The van der Waals surface area contributed by atoms with Crippen LogP contribution in [0.1, 0.15) is 69.9 Å². The molecule has 6 atom stereocenters. The lowest BCUT2D eigenvalue weighted by molar-refractivity contribution is -0.281. The van der Waals surface area contributed by atoms with Gasteiger partial charge in [0.05, 0.1) is 32.0 Å². The summed E-state index contributed by atoms with van der Waals surface area (Å²) < 4.78 is 25.1. The molecule has 0 aromatic heterocycles. The van der Waals surface area contributed by atoms with Gasteiger partial charge < -0.3 is 24.1 Å². The molecule has 7 rings (SSSR count). The topological polar surface area (TPSA) is 57.2 Å². The smallest absolute Gasteiger partial charge is 0.188 e. The molecule has 1 N–H and O–H groups in total. The fourth-order valence-electron chi connectivity index (χ4n) is 9.69. The molecule has 0 bridgehead atoms. The number of fused-ring (bicyclic) bond motifs is 6. The zero-order chi connectivity index (χ0) is 24.1. The summed E-state index contributed by atoms with van der Waals surface area (Å²) in [6.45, 7) is 9.55. The van der Waals surface area contributed by atoms with Crippen LogP contribution in [0.25, 0.3) is 0 Å². The molecule has 1 aromatic carbocycles. The number of ether oxygens (including phenoxy) is 4. The van der Waals surface area contributed by atoms with Gasteiger partial charge in [-0.25, -0.2) is 0 Å². The van der Waals surface area contributed by atoms with Crippen LogP contribution in [0.4, 0.5) is 0 Å². The first kappa shape index (κ1) is 22.9. The van der Waals surface area contributed by atoms with Crippen molar-refractivity contribution in [2.45, 2.75) is 82.9 Å². The molecule has 3 saturated carbocycles. The lowest BCUT2D eigenvalue weighted by Gasteiger charge is -2.65. The molecule has 0 amide bonds. The van der Waals surface area contributed by atoms with Gasteiger partial charge in [-0.05, 0) is 67.9 Å². The van der Waals surface area contributed by atoms with Crippen molar-refractivity contribution in [1.82, 2.24) is 0 Å². The summed E-state index contributed by atoms with van der Waals surface area (Å²) in [5, 5.41) is 13.0. The van der Waals surface area contributed by atoms with Crippen molar-refractivity contribution < 1.29 is 24.1 Å². The molecule has 2 spiro atoms. The second-order valence-corrected chi connectivity index (χ2v) is 12.8. The first-order chi connectivity index (χ1) is 16.7. The van der Waals surface area contributed by atoms with Crippen LogP contribution in [0.3, 0.4) is 0 Å². The summed E-state index contributed by atoms with van der Waals surface area (Å²) in [7, 11) is 0. The van der Waals surface area contributed by atoms with Gasteiger partial charge in [0.25, 0.3) is 0 Å². The molecule has 35 heavy (non-hydrogen) atoms. The number of aliphatic hydroxyl groups is 1. The van der Waals surface area contributed by atoms with E-state index >= 15 is 0 Å². The third-order valence-electron chi connectivity index (χ3n) is 11.2. The Balaban J connectivity index is 1.38. The zero-order valence-electron chi connectivity index (χ0n) is 21.5. The summed E-state index contributed by atoms with van der Waals surface area (Å²) in [6.07, 6.45) is 9.02. The van der Waals surface area contributed by atoms with Gasteiger partial charge in [0.1, 0.15) is 0 Å². The van der Waals surface area contributed by atoms with Crippen LogP contribution in [0.2, 0.25) is 0 Å². The number of aryl methyl sites for hydroxylation is 1. The van der Waals surface area contributed by atoms with Crippen LogP contribution in [-0.2, 0) is 24.5 Å². The van der Waals surface area contributed by atoms with Crippen molar-refractivity contribution in [1.29, 1.82) is 0 Å². The van der Waals surface area contributed by atoms with Gasteiger partial charge in [-0.3, -0.25) is 0 Å². The first-order valence-electron chi connectivity index (χ1n) is 13.8. The summed E-state index contributed by atoms with van der Waals surface area (Å²) in [4.78, 5) is 0. The quantitative estimate of drug-likeness (QED) is 0.557. The third-order valence-corrected chi connectivity index (χ3v) is 11.2. The largest absolute Gasteiger partial charge is 0.385 e. The second kappa shape index (κ2) is 7.41. The molecule has 6 aliphatic rings. The molecule has 2 saturated heterocycles. The summed E-state index contributed by atoms with van der Waals surface area (Å²) >= 11 is 0. The maximum Gasteiger partial charge on any atom is 0.188 e. The molecule has 0 unspecified atom stereocenters. The van der Waals surface area contributed by atoms with Gasteiger partial charge in [-0.15, -0.1) is 0 Å². The van der Waals surface area contributed by atoms with Crippen LogP contribution in [0.15, 0.2) is 35.9 Å². The fraction of sp³-hybridized carbons (Fsp3) is 0.733. The molecular weight excluding hydrogens is 440 g/mol. The van der Waals surface area contributed by atoms with Gasteiger partial charge in [0.15, 0.2) is 11.6 Å². The Morgan fingerprint density at radius 1 is 0.857 bits per heavy atom. The van der Waals surface area contributed by atoms with Gasteiger partial charge in [0, 0.05) is 24.2 Å². The van der Waals surface area contributed by atoms with E-state index in [0.29, 0.717) is 44.7 Å². The maximum absolute atomic E-state index is 13.0. The Hall–Kier alpha value is -1.24. The average Bonchev–Trinajstić information content (AvgIpc) is 3.56. The maximum atomic E-state index is 13.0. The van der Waals surface area contributed by atoms with Gasteiger partial charge >= 0.3 is 0 Å². The van der Waals surface area contributed by atoms with Gasteiger partial charge in [-0.2, -0.15) is 0 Å². The molecule has 190 valence electrons. The summed E-state index contributed by atoms with van der Waals surface area (Å²) in [5.74, 6) is -0.0412. The van der Waals surface area contributed by atoms with Crippen LogP contribution >= 0.6 is 0 Å². The summed E-state index contributed by atoms with van der Waals surface area (Å²) in [5.41, 5.74) is 2.45. The highest BCUT2D eigenvalue weighted by molar-refractivity contribution is 5.36. The molecule has 1 aromatic rings. The van der Waals surface area contributed by atoms with Crippen molar-refractivity contribution in [2.24, 2.45) is 28.6 Å². The highest BCUT2D eigenvalue weighted by Crippen LogP contribution is 2.73. The standard InChI is InChI=1S/C30H40O5/c1-20-4-6-21(7-5-20)29(31)19-27(3)24(10-11-30(27)34-16-17-35-30)23-9-8-22-18-28(32-14-15-33-28)13-12-26(22,2)25(23)29/h4-7,18,23-25,31H,8-17,19H2,1-3H3/t23-,24-,25-,26-,27-,29+/m0/s1. The van der Waals surface area contributed by atoms with E-state index in [1.165, 1.54) is 11.1 Å². The first-order valence-corrected chi connectivity index (χ1v) is 13.8. The minimum Gasteiger partial charge on any atom is -0.385 e. The molecular formula is C30H40O5. The van der Waals surface area contributed by atoms with Gasteiger partial charge in [0.2, 0.25) is 0 Å². The Morgan fingerprint density at radius 2 is 1.54 bits per heavy atom. The highest BCUT2D eigenvalue weighted by atomic mass is 16.7. The molecule has 5 heteroatoms. The van der Waals surface area contributed by atoms with E-state index in [4.69, 9.17) is 18.9 Å². The Morgan fingerprint density at radius 3 is 2.26 bits per heavy atom. The molecule has 2 aliphatic heterocycles. The van der Waals surface area contributed by atoms with E-state index in [0.717, 1.165) is 44.1 Å². The van der Waals surface area contributed by atoms with E-state index in [1.54, 1.807) is 0 Å². The van der Waals surface area contributed by atoms with E-state index in [9.17, 15) is 5.11 Å². The van der Waals surface area contributed by atoms with Crippen molar-refractivity contribution in [3.8, 4) is 0 Å². The monoisotopic (exact) mass is 480 g/mol. The van der Waals surface area contributed by atoms with Crippen molar-refractivity contribution >= 4 is 0 Å². The Labute approximate surface area is 209 Å². The predicted molar refractivity (Wildman–Crippen MR) is 131 cm³/mol. The normalized spacial score (nSPS) is 45.3. The van der Waals surface area contributed by atoms with Crippen LogP contribution < -0.4 is 0 Å². The van der Waals surface area contributed by atoms with E-state index in [2.05, 4.69) is 51.1 Å². The minimum absolute atomic E-state index is 0.0857. The summed E-state index contributed by atoms with van der Waals surface area (Å²) in [6, 6.07) is 8.65. The number of allylic oxidation sites excluding steroid dienone is 1. The van der Waals surface area contributed by atoms with E-state index < -0.39 is 17.2 Å². The highest BCUT2D eigenvalue weighted by Gasteiger charge is 2.72. The third kappa shape index (κ3) is 2.94. The Bertz CT molecular complexity index is 1040. The Kier molecular flexibility index (Phi) is 4.86. The van der Waals surface area contributed by atoms with Crippen molar-refractivity contribution in [2.75, 3.05) is 26.4 Å². The number of hydrogen-bond acceptors (Lipinski definition) is 5. The van der Waals surface area contributed by atoms with Crippen molar-refractivity contribution in [3.63, 3.8) is 0 Å². The molecule has 5 nitrogen and oxygen atoms in total. The average molecular weight is 481 g/mol. The minimum atomic E-state index is -0.952. The molecule has 2 heterocycles. The second-order valence-electron chi connectivity index (χ2n) is 12.8. The van der Waals surface area contributed by atoms with Crippen LogP contribution in [0, 0.1) is 35.5 Å². The number of rotatable bonds is 1. The van der Waals surface area contributed by atoms with Crippen LogP contribution in [0.5, 0.6) is 0 Å². The predicted octanol–water partition coefficient (Wildman–Crippen LogP) is 5.24. The van der Waals surface area contributed by atoms with Crippen LogP contribution in [-0.4, -0.2) is 43.1 Å². The van der Waals surface area contributed by atoms with E-state index in [-0.39, 0.29) is 16.7 Å². The van der Waals surface area contributed by atoms with Gasteiger partial charge in [-0.1, -0.05) is 49.2 Å². The number of hydrogen-bond donors (Lipinski definition) is 1. The zero-order valence-corrected chi connectivity index (χ0v) is 21.5. The van der Waals surface area contributed by atoms with E-state index in [1.807, 2.05) is 0 Å². The fourth-order valence-corrected chi connectivity index (χ4v) is 9.69.